The Bertz CT molecular complexity index is 1120. The molecule has 3 amide bonds. The van der Waals surface area contributed by atoms with Gasteiger partial charge >= 0.3 is 6.03 Å². The van der Waals surface area contributed by atoms with Crippen LogP contribution in [0.15, 0.2) is 42.5 Å². The van der Waals surface area contributed by atoms with Gasteiger partial charge in [-0.3, -0.25) is 4.79 Å². The van der Waals surface area contributed by atoms with E-state index in [1.54, 1.807) is 41.3 Å². The van der Waals surface area contributed by atoms with E-state index in [4.69, 9.17) is 23.2 Å². The van der Waals surface area contributed by atoms with E-state index >= 15 is 0 Å². The van der Waals surface area contributed by atoms with Crippen molar-refractivity contribution >= 4 is 57.9 Å². The molecule has 2 heterocycles. The van der Waals surface area contributed by atoms with E-state index in [0.717, 1.165) is 18.4 Å². The number of likely N-dealkylation sites (tertiary alicyclic amines) is 1. The topological polar surface area (TPSA) is 87.2 Å². The van der Waals surface area contributed by atoms with Gasteiger partial charge in [0.1, 0.15) is 5.01 Å². The molecule has 1 aliphatic heterocycles. The van der Waals surface area contributed by atoms with E-state index in [1.165, 1.54) is 11.3 Å². The first kappa shape index (κ1) is 21.5. The Hall–Kier alpha value is -2.68. The summed E-state index contributed by atoms with van der Waals surface area (Å²) < 4.78 is 0. The predicted octanol–water partition coefficient (Wildman–Crippen LogP) is 5.77. The lowest BCUT2D eigenvalue weighted by Crippen LogP contribution is -2.34. The van der Waals surface area contributed by atoms with Crippen molar-refractivity contribution < 1.29 is 9.59 Å². The molecule has 0 spiro atoms. The highest BCUT2D eigenvalue weighted by Gasteiger charge is 2.33. The summed E-state index contributed by atoms with van der Waals surface area (Å²) in [5.41, 5.74) is 2.19. The van der Waals surface area contributed by atoms with Gasteiger partial charge < -0.3 is 15.5 Å². The van der Waals surface area contributed by atoms with Gasteiger partial charge in [0.05, 0.1) is 16.8 Å². The Morgan fingerprint density at radius 1 is 1.10 bits per heavy atom. The van der Waals surface area contributed by atoms with Gasteiger partial charge in [0.25, 0.3) is 5.91 Å². The summed E-state index contributed by atoms with van der Waals surface area (Å²) >= 11 is 13.3. The summed E-state index contributed by atoms with van der Waals surface area (Å²) in [6.45, 7) is 2.52. The number of aromatic nitrogens is 2. The minimum absolute atomic E-state index is 0.235. The van der Waals surface area contributed by atoms with Crippen molar-refractivity contribution in [2.75, 3.05) is 17.2 Å². The summed E-state index contributed by atoms with van der Waals surface area (Å²) in [5.74, 6) is -0.355. The standard InChI is InChI=1S/C21H19Cl2N5O2S/c1-12-4-9-16(15(23)11-12)25-21(30)28-10-2-3-17(28)19-26-27-20(31-19)18(29)24-14-7-5-13(22)6-8-14/h4-9,11,17H,2-3,10H2,1H3,(H,24,29)(H,25,30)/t17-/m0/s1. The van der Waals surface area contributed by atoms with Crippen molar-refractivity contribution in [2.45, 2.75) is 25.8 Å². The third kappa shape index (κ3) is 4.98. The number of carbonyl (C=O) groups is 2. The van der Waals surface area contributed by atoms with E-state index in [2.05, 4.69) is 20.8 Å². The second kappa shape index (κ2) is 9.21. The lowest BCUT2D eigenvalue weighted by Gasteiger charge is -2.23. The SMILES string of the molecule is Cc1ccc(NC(=O)N2CCC[C@H]2c2nnc(C(=O)Nc3ccc(Cl)cc3)s2)c(Cl)c1. The quantitative estimate of drug-likeness (QED) is 0.500. The number of nitrogens with zero attached hydrogens (tertiary/aromatic N) is 3. The Morgan fingerprint density at radius 3 is 2.61 bits per heavy atom. The highest BCUT2D eigenvalue weighted by atomic mass is 35.5. The zero-order valence-electron chi connectivity index (χ0n) is 16.6. The number of aryl methyl sites for hydroxylation is 1. The first-order valence-electron chi connectivity index (χ1n) is 9.65. The van der Waals surface area contributed by atoms with Gasteiger partial charge in [0, 0.05) is 17.3 Å². The van der Waals surface area contributed by atoms with Crippen LogP contribution in [0.1, 0.15) is 39.3 Å². The number of hydrogen-bond donors (Lipinski definition) is 2. The lowest BCUT2D eigenvalue weighted by atomic mass is 10.2. The second-order valence-electron chi connectivity index (χ2n) is 7.17. The number of rotatable bonds is 4. The Morgan fingerprint density at radius 2 is 1.87 bits per heavy atom. The first-order chi connectivity index (χ1) is 14.9. The van der Waals surface area contributed by atoms with Crippen molar-refractivity contribution in [3.05, 3.63) is 68.1 Å². The van der Waals surface area contributed by atoms with Gasteiger partial charge in [-0.1, -0.05) is 40.6 Å². The Balaban J connectivity index is 1.45. The van der Waals surface area contributed by atoms with Gasteiger partial charge in [-0.15, -0.1) is 10.2 Å². The molecule has 0 radical (unpaired) electrons. The van der Waals surface area contributed by atoms with Crippen LogP contribution < -0.4 is 10.6 Å². The molecule has 3 aromatic rings. The number of halogens is 2. The van der Waals surface area contributed by atoms with Crippen molar-refractivity contribution in [3.63, 3.8) is 0 Å². The van der Waals surface area contributed by atoms with Crippen molar-refractivity contribution in [1.82, 2.24) is 15.1 Å². The molecule has 1 aromatic heterocycles. The molecule has 2 N–H and O–H groups in total. The maximum absolute atomic E-state index is 12.9. The van der Waals surface area contributed by atoms with Crippen LogP contribution in [0, 0.1) is 6.92 Å². The molecule has 2 aromatic carbocycles. The number of carbonyl (C=O) groups excluding carboxylic acids is 2. The average Bonchev–Trinajstić information content (AvgIpc) is 3.41. The molecule has 1 atom stereocenters. The highest BCUT2D eigenvalue weighted by molar-refractivity contribution is 7.13. The van der Waals surface area contributed by atoms with Crippen LogP contribution in [0.3, 0.4) is 0 Å². The molecule has 0 saturated carbocycles. The zero-order chi connectivity index (χ0) is 22.0. The summed E-state index contributed by atoms with van der Waals surface area (Å²) in [4.78, 5) is 27.1. The van der Waals surface area contributed by atoms with Crippen LogP contribution >= 0.6 is 34.5 Å². The molecule has 1 saturated heterocycles. The smallest absolute Gasteiger partial charge is 0.320 e. The van der Waals surface area contributed by atoms with E-state index in [9.17, 15) is 9.59 Å². The van der Waals surface area contributed by atoms with Crippen LogP contribution in [-0.2, 0) is 0 Å². The number of anilines is 2. The van der Waals surface area contributed by atoms with Crippen molar-refractivity contribution in [1.29, 1.82) is 0 Å². The minimum atomic E-state index is -0.355. The molecule has 1 aliphatic rings. The monoisotopic (exact) mass is 475 g/mol. The largest absolute Gasteiger partial charge is 0.322 e. The molecular weight excluding hydrogens is 457 g/mol. The molecule has 10 heteroatoms. The Kier molecular flexibility index (Phi) is 6.41. The van der Waals surface area contributed by atoms with E-state index in [-0.39, 0.29) is 23.0 Å². The maximum atomic E-state index is 12.9. The summed E-state index contributed by atoms with van der Waals surface area (Å²) in [6.07, 6.45) is 1.59. The number of benzene rings is 2. The van der Waals surface area contributed by atoms with E-state index < -0.39 is 0 Å². The van der Waals surface area contributed by atoms with Crippen LogP contribution in [0.2, 0.25) is 10.0 Å². The second-order valence-corrected chi connectivity index (χ2v) is 9.02. The van der Waals surface area contributed by atoms with Crippen LogP contribution in [0.5, 0.6) is 0 Å². The molecule has 1 fully saturated rings. The third-order valence-electron chi connectivity index (χ3n) is 4.90. The number of hydrogen-bond acceptors (Lipinski definition) is 5. The van der Waals surface area contributed by atoms with Gasteiger partial charge in [0.15, 0.2) is 0 Å². The summed E-state index contributed by atoms with van der Waals surface area (Å²) in [7, 11) is 0. The van der Waals surface area contributed by atoms with Gasteiger partial charge in [-0.25, -0.2) is 4.79 Å². The number of amides is 3. The molecule has 0 aliphatic carbocycles. The fourth-order valence-corrected chi connectivity index (χ4v) is 4.65. The number of nitrogens with one attached hydrogen (secondary N) is 2. The summed E-state index contributed by atoms with van der Waals surface area (Å²) in [6, 6.07) is 11.8. The molecular formula is C21H19Cl2N5O2S. The van der Waals surface area contributed by atoms with Crippen molar-refractivity contribution in [3.8, 4) is 0 Å². The van der Waals surface area contributed by atoms with Crippen LogP contribution in [0.4, 0.5) is 16.2 Å². The van der Waals surface area contributed by atoms with E-state index in [1.807, 2.05) is 13.0 Å². The van der Waals surface area contributed by atoms with Crippen molar-refractivity contribution in [2.24, 2.45) is 0 Å². The normalized spacial score (nSPS) is 15.7. The fraction of sp³-hybridized carbons (Fsp3) is 0.238. The molecule has 160 valence electrons. The third-order valence-corrected chi connectivity index (χ3v) is 6.49. The lowest BCUT2D eigenvalue weighted by molar-refractivity contribution is 0.102. The maximum Gasteiger partial charge on any atom is 0.322 e. The molecule has 0 bridgehead atoms. The molecule has 4 rings (SSSR count). The number of urea groups is 1. The molecule has 31 heavy (non-hydrogen) atoms. The van der Waals surface area contributed by atoms with E-state index in [0.29, 0.717) is 33.0 Å². The predicted molar refractivity (Wildman–Crippen MR) is 123 cm³/mol. The highest BCUT2D eigenvalue weighted by Crippen LogP contribution is 2.34. The van der Waals surface area contributed by atoms with Gasteiger partial charge in [-0.05, 0) is 61.7 Å². The minimum Gasteiger partial charge on any atom is -0.320 e. The summed E-state index contributed by atoms with van der Waals surface area (Å²) in [5, 5.41) is 15.8. The van der Waals surface area contributed by atoms with Gasteiger partial charge in [0.2, 0.25) is 5.01 Å². The zero-order valence-corrected chi connectivity index (χ0v) is 18.9. The first-order valence-corrected chi connectivity index (χ1v) is 11.2. The van der Waals surface area contributed by atoms with Crippen LogP contribution in [0.25, 0.3) is 0 Å². The molecule has 7 nitrogen and oxygen atoms in total. The fourth-order valence-electron chi connectivity index (χ4n) is 3.35. The molecule has 0 unspecified atom stereocenters. The van der Waals surface area contributed by atoms with Gasteiger partial charge in [-0.2, -0.15) is 0 Å². The average molecular weight is 476 g/mol. The van der Waals surface area contributed by atoms with Crippen LogP contribution in [-0.4, -0.2) is 33.6 Å². The Labute approximate surface area is 193 Å².